The molecule has 2 aromatic rings. The number of carbonyl (C=O) groups is 1. The van der Waals surface area contributed by atoms with Gasteiger partial charge >= 0.3 is 0 Å². The lowest BCUT2D eigenvalue weighted by atomic mass is 9.86. The molecule has 4 N–H and O–H groups in total. The van der Waals surface area contributed by atoms with E-state index in [1.807, 2.05) is 24.3 Å². The lowest BCUT2D eigenvalue weighted by Gasteiger charge is -2.19. The minimum absolute atomic E-state index is 0.0954. The standard InChI is InChI=1S/C28H38Br4N2O/c1-2-3-4-5-6-7-8-9-10-11-12-13-14-21(19-15-22(29)26(33)23(30)16-19)28(35)20-17-24(31)27(34)25(32)18-20/h15-18,21H,2-14,33-34H2,1H3. The lowest BCUT2D eigenvalue weighted by molar-refractivity contribution is 0.0953. The van der Waals surface area contributed by atoms with Gasteiger partial charge in [0.2, 0.25) is 0 Å². The normalized spacial score (nSPS) is 12.1. The van der Waals surface area contributed by atoms with Gasteiger partial charge in [-0.2, -0.15) is 0 Å². The van der Waals surface area contributed by atoms with E-state index >= 15 is 0 Å². The van der Waals surface area contributed by atoms with Crippen molar-refractivity contribution >= 4 is 80.9 Å². The minimum Gasteiger partial charge on any atom is -0.397 e. The van der Waals surface area contributed by atoms with Gasteiger partial charge < -0.3 is 11.5 Å². The molecule has 2 rings (SSSR count). The van der Waals surface area contributed by atoms with Gasteiger partial charge in [-0.1, -0.05) is 84.0 Å². The van der Waals surface area contributed by atoms with Gasteiger partial charge in [-0.15, -0.1) is 0 Å². The Morgan fingerprint density at radius 1 is 0.657 bits per heavy atom. The highest BCUT2D eigenvalue weighted by Crippen LogP contribution is 2.37. The summed E-state index contributed by atoms with van der Waals surface area (Å²) in [5.41, 5.74) is 15.0. The number of Topliss-reactive ketones (excluding diaryl/α,β-unsaturated/α-hetero) is 1. The van der Waals surface area contributed by atoms with Crippen molar-refractivity contribution < 1.29 is 4.79 Å². The third kappa shape index (κ3) is 10.1. The smallest absolute Gasteiger partial charge is 0.170 e. The van der Waals surface area contributed by atoms with E-state index in [9.17, 15) is 4.79 Å². The Kier molecular flexibility index (Phi) is 14.5. The molecule has 2 aromatic carbocycles. The van der Waals surface area contributed by atoms with Crippen LogP contribution >= 0.6 is 63.7 Å². The Hall–Kier alpha value is -0.370. The first kappa shape index (κ1) is 30.9. The average molecular weight is 738 g/mol. The molecule has 0 amide bonds. The fourth-order valence-corrected chi connectivity index (χ4v) is 6.78. The maximum Gasteiger partial charge on any atom is 0.170 e. The van der Waals surface area contributed by atoms with Gasteiger partial charge in [-0.3, -0.25) is 4.79 Å². The first-order valence-electron chi connectivity index (χ1n) is 12.8. The zero-order valence-corrected chi connectivity index (χ0v) is 27.0. The Bertz CT molecular complexity index is 918. The maximum atomic E-state index is 13.7. The van der Waals surface area contributed by atoms with E-state index in [0.29, 0.717) is 16.9 Å². The van der Waals surface area contributed by atoms with Gasteiger partial charge in [0.15, 0.2) is 5.78 Å². The molecule has 1 unspecified atom stereocenters. The van der Waals surface area contributed by atoms with Gasteiger partial charge in [0.25, 0.3) is 0 Å². The van der Waals surface area contributed by atoms with Crippen LogP contribution in [0.15, 0.2) is 42.2 Å². The quantitative estimate of drug-likeness (QED) is 0.102. The maximum absolute atomic E-state index is 13.7. The molecule has 0 aliphatic heterocycles. The Morgan fingerprint density at radius 3 is 1.46 bits per heavy atom. The van der Waals surface area contributed by atoms with Gasteiger partial charge in [-0.05, 0) is 100.0 Å². The molecular formula is C28H38Br4N2O. The number of halogens is 4. The van der Waals surface area contributed by atoms with E-state index in [0.717, 1.165) is 42.7 Å². The first-order valence-corrected chi connectivity index (χ1v) is 16.0. The lowest BCUT2D eigenvalue weighted by Crippen LogP contribution is -2.14. The van der Waals surface area contributed by atoms with E-state index in [1.54, 1.807) is 0 Å². The van der Waals surface area contributed by atoms with Crippen molar-refractivity contribution in [3.8, 4) is 0 Å². The van der Waals surface area contributed by atoms with E-state index in [-0.39, 0.29) is 11.7 Å². The van der Waals surface area contributed by atoms with Crippen LogP contribution in [0.4, 0.5) is 11.4 Å². The third-order valence-electron chi connectivity index (χ3n) is 6.53. The van der Waals surface area contributed by atoms with E-state index in [1.165, 1.54) is 64.2 Å². The molecule has 0 bridgehead atoms. The zero-order chi connectivity index (χ0) is 25.8. The summed E-state index contributed by atoms with van der Waals surface area (Å²) in [4.78, 5) is 13.7. The highest BCUT2D eigenvalue weighted by molar-refractivity contribution is 9.11. The topological polar surface area (TPSA) is 69.1 Å². The van der Waals surface area contributed by atoms with Gasteiger partial charge in [-0.25, -0.2) is 0 Å². The zero-order valence-electron chi connectivity index (χ0n) is 20.7. The van der Waals surface area contributed by atoms with E-state index in [2.05, 4.69) is 70.6 Å². The highest BCUT2D eigenvalue weighted by atomic mass is 79.9. The number of hydrogen-bond acceptors (Lipinski definition) is 3. The molecule has 1 atom stereocenters. The van der Waals surface area contributed by atoms with Crippen molar-refractivity contribution in [1.29, 1.82) is 0 Å². The second kappa shape index (κ2) is 16.5. The number of nitrogen functional groups attached to an aromatic ring is 2. The van der Waals surface area contributed by atoms with Crippen LogP contribution in [0.25, 0.3) is 0 Å². The largest absolute Gasteiger partial charge is 0.397 e. The number of anilines is 2. The van der Waals surface area contributed by atoms with Crippen LogP contribution in [0, 0.1) is 0 Å². The van der Waals surface area contributed by atoms with Crippen molar-refractivity contribution in [3.05, 3.63) is 53.3 Å². The van der Waals surface area contributed by atoms with Crippen LogP contribution in [0.2, 0.25) is 0 Å². The molecule has 0 fully saturated rings. The molecule has 7 heteroatoms. The number of benzene rings is 2. The molecule has 0 radical (unpaired) electrons. The number of unbranched alkanes of at least 4 members (excludes halogenated alkanes) is 11. The summed E-state index contributed by atoms with van der Waals surface area (Å²) >= 11 is 14.0. The van der Waals surface area contributed by atoms with Crippen LogP contribution in [0.3, 0.4) is 0 Å². The molecule has 0 saturated heterocycles. The number of carbonyl (C=O) groups excluding carboxylic acids is 1. The van der Waals surface area contributed by atoms with E-state index < -0.39 is 0 Å². The number of rotatable bonds is 16. The highest BCUT2D eigenvalue weighted by Gasteiger charge is 2.24. The molecule has 0 aliphatic carbocycles. The van der Waals surface area contributed by atoms with Crippen LogP contribution in [-0.4, -0.2) is 5.78 Å². The van der Waals surface area contributed by atoms with Crippen molar-refractivity contribution in [1.82, 2.24) is 0 Å². The molecule has 194 valence electrons. The Balaban J connectivity index is 1.95. The average Bonchev–Trinajstić information content (AvgIpc) is 2.83. The molecule has 0 spiro atoms. The second-order valence-corrected chi connectivity index (χ2v) is 12.8. The van der Waals surface area contributed by atoms with Crippen LogP contribution in [-0.2, 0) is 0 Å². The predicted octanol–water partition coefficient (Wildman–Crippen LogP) is 11.0. The number of ketones is 1. The fourth-order valence-electron chi connectivity index (χ4n) is 4.37. The first-order chi connectivity index (χ1) is 16.8. The number of nitrogens with two attached hydrogens (primary N) is 2. The monoisotopic (exact) mass is 734 g/mol. The SMILES string of the molecule is CCCCCCCCCCCCCCC(C(=O)c1cc(Br)c(N)c(Br)c1)c1cc(Br)c(N)c(Br)c1. The minimum atomic E-state index is -0.242. The molecule has 0 aromatic heterocycles. The summed E-state index contributed by atoms with van der Waals surface area (Å²) in [6.45, 7) is 2.27. The van der Waals surface area contributed by atoms with Gasteiger partial charge in [0.1, 0.15) is 0 Å². The van der Waals surface area contributed by atoms with Crippen molar-refractivity contribution in [2.45, 2.75) is 96.3 Å². The van der Waals surface area contributed by atoms with Crippen LogP contribution in [0.5, 0.6) is 0 Å². The molecule has 3 nitrogen and oxygen atoms in total. The summed E-state index contributed by atoms with van der Waals surface area (Å²) in [5.74, 6) is -0.146. The number of hydrogen-bond donors (Lipinski definition) is 2. The summed E-state index contributed by atoms with van der Waals surface area (Å²) in [6, 6.07) is 7.59. The van der Waals surface area contributed by atoms with Crippen molar-refractivity contribution in [3.63, 3.8) is 0 Å². The van der Waals surface area contributed by atoms with Crippen LogP contribution in [0.1, 0.15) is 112 Å². The van der Waals surface area contributed by atoms with Gasteiger partial charge in [0, 0.05) is 29.4 Å². The van der Waals surface area contributed by atoms with Crippen molar-refractivity contribution in [2.24, 2.45) is 0 Å². The summed E-state index contributed by atoms with van der Waals surface area (Å²) in [6.07, 6.45) is 16.4. The Morgan fingerprint density at radius 2 is 1.03 bits per heavy atom. The second-order valence-electron chi connectivity index (χ2n) is 9.35. The third-order valence-corrected chi connectivity index (χ3v) is 9.15. The molecule has 0 saturated carbocycles. The summed E-state index contributed by atoms with van der Waals surface area (Å²) in [5, 5.41) is 0. The van der Waals surface area contributed by atoms with Crippen LogP contribution < -0.4 is 11.5 Å². The van der Waals surface area contributed by atoms with Gasteiger partial charge in [0.05, 0.1) is 11.4 Å². The molecular weight excluding hydrogens is 700 g/mol. The van der Waals surface area contributed by atoms with E-state index in [4.69, 9.17) is 11.5 Å². The summed E-state index contributed by atoms with van der Waals surface area (Å²) < 4.78 is 3.04. The summed E-state index contributed by atoms with van der Waals surface area (Å²) in [7, 11) is 0. The predicted molar refractivity (Wildman–Crippen MR) is 165 cm³/mol. The molecule has 0 heterocycles. The van der Waals surface area contributed by atoms with Crippen molar-refractivity contribution in [2.75, 3.05) is 11.5 Å². The Labute approximate surface area is 245 Å². The molecule has 0 aliphatic rings. The fraction of sp³-hybridized carbons (Fsp3) is 0.536. The molecule has 35 heavy (non-hydrogen) atoms.